The van der Waals surface area contributed by atoms with Crippen molar-refractivity contribution >= 4 is 108 Å². The van der Waals surface area contributed by atoms with Gasteiger partial charge in [-0.15, -0.1) is 0 Å². The quantitative estimate of drug-likeness (QED) is 0.0435. The number of hydrogen-bond donors (Lipinski definition) is 6. The third kappa shape index (κ3) is 19.6. The number of imidazole rings is 2. The van der Waals surface area contributed by atoms with E-state index in [9.17, 15) is 38.4 Å². The Morgan fingerprint density at radius 2 is 0.723 bits per heavy atom. The fourth-order valence-electron chi connectivity index (χ4n) is 25.6. The van der Waals surface area contributed by atoms with E-state index in [1.165, 1.54) is 28.4 Å². The minimum atomic E-state index is -0.762. The van der Waals surface area contributed by atoms with Gasteiger partial charge >= 0.3 is 24.4 Å². The molecule has 141 heavy (non-hydrogen) atoms. The molecule has 12 aliphatic heterocycles. The number of nitrogens with zero attached hydrogens (tertiary/aromatic N) is 8. The maximum absolute atomic E-state index is 14.7. The van der Waals surface area contributed by atoms with Gasteiger partial charge in [-0.1, -0.05) is 36.4 Å². The minimum absolute atomic E-state index is 0.0161. The molecule has 32 nitrogen and oxygen atoms in total. The molecule has 0 saturated carbocycles. The molecule has 8 aromatic rings. The second kappa shape index (κ2) is 40.7. The number of rotatable bonds is 18. The lowest BCUT2D eigenvalue weighted by Crippen LogP contribution is -2.57. The molecule has 22 atom stereocenters. The highest BCUT2D eigenvalue weighted by Crippen LogP contribution is 2.51. The maximum Gasteiger partial charge on any atom is 0.407 e. The van der Waals surface area contributed by atoms with Crippen LogP contribution >= 0.6 is 15.9 Å². The number of ether oxygens (including phenoxy) is 10. The minimum Gasteiger partial charge on any atom is -0.488 e. The Bertz CT molecular complexity index is 6200. The van der Waals surface area contributed by atoms with Gasteiger partial charge in [0.05, 0.1) is 125 Å². The van der Waals surface area contributed by atoms with E-state index in [1.807, 2.05) is 81.2 Å². The van der Waals surface area contributed by atoms with Gasteiger partial charge in [0.2, 0.25) is 23.6 Å². The number of aromatic nitrogens is 4. The molecule has 0 bridgehead atoms. The molecule has 20 rings (SSSR count). The Kier molecular flexibility index (Phi) is 28.4. The molecule has 2 aromatic heterocycles. The van der Waals surface area contributed by atoms with Gasteiger partial charge in [-0.3, -0.25) is 29.2 Å². The van der Waals surface area contributed by atoms with Crippen LogP contribution in [-0.2, 0) is 83.1 Å². The van der Waals surface area contributed by atoms with Crippen molar-refractivity contribution in [1.29, 1.82) is 0 Å². The Morgan fingerprint density at radius 3 is 1.09 bits per heavy atom. The summed E-state index contributed by atoms with van der Waals surface area (Å²) in [6, 6.07) is 25.7. The van der Waals surface area contributed by atoms with Crippen molar-refractivity contribution < 1.29 is 85.7 Å². The number of hydrogen-bond acceptors (Lipinski definition) is 22. The van der Waals surface area contributed by atoms with Crippen LogP contribution in [0.25, 0.3) is 66.3 Å². The molecule has 0 spiro atoms. The highest BCUT2D eigenvalue weighted by molar-refractivity contribution is 9.10. The highest BCUT2D eigenvalue weighted by atomic mass is 79.9. The number of amides is 8. The largest absolute Gasteiger partial charge is 0.488 e. The number of alkyl carbamates (subject to hydrolysis) is 4. The molecule has 6 N–H and O–H groups in total. The number of halogens is 1. The number of methoxy groups -OCH3 is 4. The SMILES string of the molecule is COC(=O)N[C@H](C(=O)N1[C@@H](C)CC[C@H]1C1=Nc2ccc3cc4c(cc3c2C1)OCc1cc(-c2cnc([C@@H]3CC[C@H](C)N3C(=O)[C@@H](NC(=O)OC)C3C[C@@H](C)O[C@@H](C)C3)[nH]2)ccc1-4)C1C[C@@H](C)O[C@H](C)C1.COC(=O)N[C@H](C(=O)N1[C@@H](C)CC[C@H]1C1=Nc2ccc3cc4c(cc3c2C1)OCc1cc(-c2nc([C@@H]3CC[C@H](C)N3C(=O)[C@@H](NC(=O)OC)C3C[C@@H](C)O[C@@H](C)C3)[nH]c2Br)ccc1-4)C1C[C@@H](C)O[C@H](C)C1. The monoisotopic (exact) mass is 1990 g/mol. The molecule has 12 aliphatic rings. The van der Waals surface area contributed by atoms with Crippen LogP contribution in [0, 0.1) is 23.7 Å². The first kappa shape index (κ1) is 98.3. The maximum atomic E-state index is 14.7. The van der Waals surface area contributed by atoms with Gasteiger partial charge in [0.1, 0.15) is 70.8 Å². The number of benzene rings is 6. The second-order valence-electron chi connectivity index (χ2n) is 41.8. The first-order chi connectivity index (χ1) is 67.7. The average molecular weight is 2000 g/mol. The number of H-pyrrole nitrogens is 2. The van der Waals surface area contributed by atoms with Crippen molar-refractivity contribution in [3.8, 4) is 56.3 Å². The number of aromatic amines is 2. The zero-order chi connectivity index (χ0) is 99.1. The summed E-state index contributed by atoms with van der Waals surface area (Å²) >= 11 is 3.78. The number of likely N-dealkylation sites (tertiary alicyclic amines) is 4. The van der Waals surface area contributed by atoms with Crippen molar-refractivity contribution in [1.82, 2.24) is 60.8 Å². The summed E-state index contributed by atoms with van der Waals surface area (Å²) in [5, 5.41) is 15.9. The van der Waals surface area contributed by atoms with Crippen molar-refractivity contribution in [2.75, 3.05) is 28.4 Å². The van der Waals surface area contributed by atoms with Crippen LogP contribution in [-0.4, -0.2) is 237 Å². The Balaban J connectivity index is 0.000000179. The van der Waals surface area contributed by atoms with Crippen LogP contribution < -0.4 is 30.7 Å². The molecule has 8 fully saturated rings. The lowest BCUT2D eigenvalue weighted by atomic mass is 9.85. The van der Waals surface area contributed by atoms with E-state index in [4.69, 9.17) is 67.3 Å². The summed E-state index contributed by atoms with van der Waals surface area (Å²) in [7, 11) is 5.29. The Labute approximate surface area is 831 Å². The van der Waals surface area contributed by atoms with Crippen molar-refractivity contribution in [2.24, 2.45) is 33.7 Å². The van der Waals surface area contributed by atoms with E-state index in [0.29, 0.717) is 89.1 Å². The van der Waals surface area contributed by atoms with E-state index < -0.39 is 48.5 Å². The van der Waals surface area contributed by atoms with Gasteiger partial charge in [0.25, 0.3) is 0 Å². The normalized spacial score (nSPS) is 28.9. The fourth-order valence-corrected chi connectivity index (χ4v) is 26.1. The summed E-state index contributed by atoms with van der Waals surface area (Å²) in [4.78, 5) is 144. The third-order valence-corrected chi connectivity index (χ3v) is 32.5. The van der Waals surface area contributed by atoms with Gasteiger partial charge in [-0.25, -0.2) is 29.1 Å². The molecular formula is C108H133BrN14O18. The van der Waals surface area contributed by atoms with Crippen LogP contribution in [0.15, 0.2) is 106 Å². The summed E-state index contributed by atoms with van der Waals surface area (Å²) in [5.74, 6) is 2.17. The molecule has 2 unspecified atom stereocenters. The lowest BCUT2D eigenvalue weighted by molar-refractivity contribution is -0.141. The van der Waals surface area contributed by atoms with Gasteiger partial charge in [-0.2, -0.15) is 0 Å². The van der Waals surface area contributed by atoms with Crippen LogP contribution in [0.1, 0.15) is 232 Å². The average Bonchev–Trinajstić information content (AvgIpc) is 1.66. The Morgan fingerprint density at radius 1 is 0.390 bits per heavy atom. The van der Waals surface area contributed by atoms with Gasteiger partial charge in [0.15, 0.2) is 0 Å². The van der Waals surface area contributed by atoms with Gasteiger partial charge in [-0.05, 0) is 334 Å². The van der Waals surface area contributed by atoms with Crippen LogP contribution in [0.4, 0.5) is 30.6 Å². The summed E-state index contributed by atoms with van der Waals surface area (Å²) in [5.41, 5.74) is 15.7. The first-order valence-corrected chi connectivity index (χ1v) is 51.5. The number of nitrogens with one attached hydrogen (secondary N) is 6. The summed E-state index contributed by atoms with van der Waals surface area (Å²) in [6.07, 6.45) is 12.0. The van der Waals surface area contributed by atoms with Gasteiger partial charge in [0, 0.05) is 65.1 Å². The number of aliphatic imine (C=N–C) groups is 2. The second-order valence-corrected chi connectivity index (χ2v) is 42.6. The Hall–Kier alpha value is -11.5. The predicted molar refractivity (Wildman–Crippen MR) is 535 cm³/mol. The zero-order valence-electron chi connectivity index (χ0n) is 83.5. The summed E-state index contributed by atoms with van der Waals surface area (Å²) in [6.45, 7) is 25.2. The lowest BCUT2D eigenvalue weighted by Gasteiger charge is -2.39. The van der Waals surface area contributed by atoms with E-state index in [1.54, 1.807) is 0 Å². The summed E-state index contributed by atoms with van der Waals surface area (Å²) < 4.78 is 57.8. The van der Waals surface area contributed by atoms with Gasteiger partial charge < -0.3 is 98.2 Å². The number of carbonyl (C=O) groups excluding carboxylic acids is 8. The molecule has 0 radical (unpaired) electrons. The molecular weight excluding hydrogens is 1860 g/mol. The first-order valence-electron chi connectivity index (χ1n) is 50.7. The molecule has 6 aromatic carbocycles. The third-order valence-electron chi connectivity index (χ3n) is 31.9. The van der Waals surface area contributed by atoms with Crippen molar-refractivity contribution in [3.63, 3.8) is 0 Å². The van der Waals surface area contributed by atoms with Crippen LogP contribution in [0.3, 0.4) is 0 Å². The van der Waals surface area contributed by atoms with E-state index in [-0.39, 0.29) is 144 Å². The topological polar surface area (TPSA) is 372 Å². The standard InChI is InChI=1S/C54H66BrN7O9.C54H67N7O9/c1-26-9-15-43(61(26)51(63)47(58-53(65)67-7)34-17-28(3)70-29(4)18-34)42-23-39-38-24-45-40(22-32(38)12-14-41(39)56-42)37-13-11-33(21-36(37)25-69-45)46-49(55)60-50(57-46)44-16-10-27(2)62(44)52(64)48(59-54(66)68-8)35-19-30(5)71-31(6)20-35;1-27-9-15-45(60(27)51(62)48(58-53(64)66-7)35-17-29(3)69-30(4)18-35)43-23-40-39-24-47-41(22-33(39)12-14-42(40)56-43)38-13-11-34(21-37(38)26-68-47)44-25-55-50(57-44)46-16-10-28(2)61(46)52(63)49(59-54(65)67-8)36-19-31(5)70-32(6)20-36/h11-14,21-22,24,26-31,34-35,43-44,47-48H,9-10,15-20,23,25H2,1-8H3,(H,57,60)(H,58,65)(H,59,66);11-14,21-22,24-25,27-32,35-36,45-46,48-49H,9-10,15-20,23,26H2,1-8H3,(H,55,57)(H,58,64)(H,59,65)/t26-,27-,28+,29+,30-,31+,35?,43-,44-,47-,48-;27-,28-,29+,30+,31-,32+,36?,45-,46-,48-,49-/m00/s1. The van der Waals surface area contributed by atoms with E-state index >= 15 is 0 Å². The van der Waals surface area contributed by atoms with E-state index in [0.717, 1.165) is 179 Å². The van der Waals surface area contributed by atoms with E-state index in [2.05, 4.69) is 160 Å². The smallest absolute Gasteiger partial charge is 0.407 e. The van der Waals surface area contributed by atoms with Crippen molar-refractivity contribution in [3.05, 3.63) is 130 Å². The molecule has 8 saturated heterocycles. The molecule has 8 amide bonds. The molecule has 750 valence electrons. The number of carbonyl (C=O) groups is 8. The van der Waals surface area contributed by atoms with Crippen LogP contribution in [0.2, 0.25) is 0 Å². The number of fused-ring (bicyclic) bond motifs is 12. The zero-order valence-corrected chi connectivity index (χ0v) is 85.0. The van der Waals surface area contributed by atoms with Crippen molar-refractivity contribution in [2.45, 2.75) is 333 Å². The molecule has 0 aliphatic carbocycles. The van der Waals surface area contributed by atoms with Crippen LogP contribution in [0.5, 0.6) is 11.5 Å². The highest BCUT2D eigenvalue weighted by Gasteiger charge is 2.52. The fraction of sp³-hybridized carbons (Fsp3) is 0.556. The molecule has 14 heterocycles. The predicted octanol–water partition coefficient (Wildman–Crippen LogP) is 18.2. The molecule has 33 heteroatoms.